The summed E-state index contributed by atoms with van der Waals surface area (Å²) in [6.45, 7) is 1.45. The summed E-state index contributed by atoms with van der Waals surface area (Å²) in [5, 5.41) is 10.7. The highest BCUT2D eigenvalue weighted by Crippen LogP contribution is 2.41. The fourth-order valence-electron chi connectivity index (χ4n) is 1.50. The zero-order valence-corrected chi connectivity index (χ0v) is 11.3. The quantitative estimate of drug-likeness (QED) is 0.480. The third kappa shape index (κ3) is 3.73. The van der Waals surface area contributed by atoms with E-state index >= 15 is 0 Å². The maximum absolute atomic E-state index is 12.3. The van der Waals surface area contributed by atoms with Crippen LogP contribution >= 0.6 is 10.7 Å². The molecule has 0 radical (unpaired) electrons. The highest BCUT2D eigenvalue weighted by molar-refractivity contribution is 8.13. The molecular formula is C9H7ClF3NO5S. The van der Waals surface area contributed by atoms with Crippen molar-refractivity contribution >= 4 is 25.4 Å². The molecule has 0 fully saturated rings. The molecule has 0 bridgehead atoms. The molecule has 1 rings (SSSR count). The van der Waals surface area contributed by atoms with E-state index in [0.29, 0.717) is 0 Å². The molecule has 0 spiro atoms. The molecule has 0 aromatic heterocycles. The van der Waals surface area contributed by atoms with E-state index in [2.05, 4.69) is 4.74 Å². The van der Waals surface area contributed by atoms with E-state index in [1.54, 1.807) is 0 Å². The van der Waals surface area contributed by atoms with E-state index in [0.717, 1.165) is 12.1 Å². The Morgan fingerprint density at radius 2 is 1.95 bits per heavy atom. The molecule has 1 aromatic carbocycles. The van der Waals surface area contributed by atoms with E-state index < -0.39 is 36.7 Å². The van der Waals surface area contributed by atoms with Gasteiger partial charge < -0.3 is 4.74 Å². The first-order chi connectivity index (χ1) is 8.97. The minimum absolute atomic E-state index is 0.00645. The maximum atomic E-state index is 12.3. The van der Waals surface area contributed by atoms with Crippen molar-refractivity contribution in [2.24, 2.45) is 0 Å². The smallest absolute Gasteiger partial charge is 0.397 e. The zero-order chi connectivity index (χ0) is 15.7. The number of ether oxygens (including phenoxy) is 1. The van der Waals surface area contributed by atoms with E-state index in [1.807, 2.05) is 0 Å². The predicted molar refractivity (Wildman–Crippen MR) is 62.2 cm³/mol. The Balaban J connectivity index is 3.75. The molecule has 6 nitrogen and oxygen atoms in total. The van der Waals surface area contributed by atoms with Crippen LogP contribution < -0.4 is 4.74 Å². The lowest BCUT2D eigenvalue weighted by molar-refractivity contribution is -0.389. The summed E-state index contributed by atoms with van der Waals surface area (Å²) < 4.78 is 63.2. The third-order valence-corrected chi connectivity index (χ3v) is 3.61. The zero-order valence-electron chi connectivity index (χ0n) is 9.77. The standard InChI is InChI=1S/C9H7ClF3NO5S/c1-2-5-3-4-6(14(15)16)7(19-9(11,12)13)8(5)20(10,17)18/h3-4H,2H2,1H3. The number of alkyl halides is 3. The summed E-state index contributed by atoms with van der Waals surface area (Å²) in [5.74, 6) is -1.43. The monoisotopic (exact) mass is 333 g/mol. The van der Waals surface area contributed by atoms with Crippen molar-refractivity contribution in [3.63, 3.8) is 0 Å². The molecule has 0 amide bonds. The predicted octanol–water partition coefficient (Wildman–Crippen LogP) is 2.98. The maximum Gasteiger partial charge on any atom is 0.573 e. The average molecular weight is 334 g/mol. The molecule has 20 heavy (non-hydrogen) atoms. The van der Waals surface area contributed by atoms with Crippen molar-refractivity contribution in [1.29, 1.82) is 0 Å². The molecule has 0 unspecified atom stereocenters. The summed E-state index contributed by atoms with van der Waals surface area (Å²) in [6, 6.07) is 1.74. The van der Waals surface area contributed by atoms with Crippen LogP contribution in [-0.2, 0) is 15.5 Å². The average Bonchev–Trinajstić information content (AvgIpc) is 2.23. The lowest BCUT2D eigenvalue weighted by atomic mass is 10.1. The van der Waals surface area contributed by atoms with Gasteiger partial charge in [-0.15, -0.1) is 13.2 Å². The molecule has 0 heterocycles. The Bertz CT molecular complexity index is 644. The second-order valence-electron chi connectivity index (χ2n) is 3.50. The highest BCUT2D eigenvalue weighted by atomic mass is 35.7. The Hall–Kier alpha value is -1.55. The van der Waals surface area contributed by atoms with Gasteiger partial charge in [-0.05, 0) is 12.0 Å². The molecule has 0 aliphatic carbocycles. The van der Waals surface area contributed by atoms with Crippen LogP contribution in [0.5, 0.6) is 5.75 Å². The summed E-state index contributed by atoms with van der Waals surface area (Å²) in [5.41, 5.74) is -1.26. The minimum atomic E-state index is -5.30. The van der Waals surface area contributed by atoms with Crippen molar-refractivity contribution in [3.8, 4) is 5.75 Å². The van der Waals surface area contributed by atoms with Crippen molar-refractivity contribution in [2.45, 2.75) is 24.6 Å². The number of hydrogen-bond donors (Lipinski definition) is 0. The van der Waals surface area contributed by atoms with E-state index in [9.17, 15) is 31.7 Å². The fraction of sp³-hybridized carbons (Fsp3) is 0.333. The van der Waals surface area contributed by atoms with Gasteiger partial charge in [-0.1, -0.05) is 13.0 Å². The number of rotatable bonds is 4. The normalized spacial score (nSPS) is 12.2. The third-order valence-electron chi connectivity index (χ3n) is 2.21. The van der Waals surface area contributed by atoms with Gasteiger partial charge in [0.15, 0.2) is 0 Å². The van der Waals surface area contributed by atoms with Gasteiger partial charge >= 0.3 is 12.0 Å². The number of nitro benzene ring substituents is 1. The van der Waals surface area contributed by atoms with Crippen LogP contribution in [-0.4, -0.2) is 19.7 Å². The van der Waals surface area contributed by atoms with Crippen LogP contribution in [0.4, 0.5) is 18.9 Å². The molecule has 112 valence electrons. The van der Waals surface area contributed by atoms with Gasteiger partial charge in [0, 0.05) is 16.7 Å². The van der Waals surface area contributed by atoms with Gasteiger partial charge in [0.2, 0.25) is 5.75 Å². The number of aryl methyl sites for hydroxylation is 1. The van der Waals surface area contributed by atoms with Gasteiger partial charge in [0.05, 0.1) is 4.92 Å². The van der Waals surface area contributed by atoms with E-state index in [4.69, 9.17) is 10.7 Å². The second kappa shape index (κ2) is 5.44. The number of hydrogen-bond acceptors (Lipinski definition) is 5. The van der Waals surface area contributed by atoms with Crippen molar-refractivity contribution in [1.82, 2.24) is 0 Å². The van der Waals surface area contributed by atoms with Gasteiger partial charge in [-0.3, -0.25) is 10.1 Å². The lowest BCUT2D eigenvalue weighted by Gasteiger charge is -2.14. The summed E-state index contributed by atoms with van der Waals surface area (Å²) in [4.78, 5) is 8.47. The van der Waals surface area contributed by atoms with Gasteiger partial charge in [0.1, 0.15) is 4.90 Å². The molecule has 11 heteroatoms. The molecule has 0 atom stereocenters. The number of benzene rings is 1. The molecule has 0 saturated carbocycles. The van der Waals surface area contributed by atoms with Crippen molar-refractivity contribution in [2.75, 3.05) is 0 Å². The first-order valence-electron chi connectivity index (χ1n) is 4.98. The Morgan fingerprint density at radius 1 is 1.40 bits per heavy atom. The van der Waals surface area contributed by atoms with Crippen LogP contribution in [0.2, 0.25) is 0 Å². The second-order valence-corrected chi connectivity index (χ2v) is 6.00. The van der Waals surface area contributed by atoms with Gasteiger partial charge in [-0.2, -0.15) is 0 Å². The molecule has 0 aliphatic rings. The molecule has 0 aliphatic heterocycles. The number of nitrogens with zero attached hydrogens (tertiary/aromatic N) is 1. The summed E-state index contributed by atoms with van der Waals surface area (Å²) in [7, 11) is 0.394. The molecule has 0 saturated heterocycles. The van der Waals surface area contributed by atoms with Crippen LogP contribution in [0.3, 0.4) is 0 Å². The SMILES string of the molecule is CCc1ccc([N+](=O)[O-])c(OC(F)(F)F)c1S(=O)(=O)Cl. The first kappa shape index (κ1) is 16.5. The van der Waals surface area contributed by atoms with Crippen molar-refractivity contribution in [3.05, 3.63) is 27.8 Å². The van der Waals surface area contributed by atoms with Gasteiger partial charge in [-0.25, -0.2) is 8.42 Å². The number of nitro groups is 1. The van der Waals surface area contributed by atoms with Crippen LogP contribution in [0.15, 0.2) is 17.0 Å². The Kier molecular flexibility index (Phi) is 4.49. The topological polar surface area (TPSA) is 86.5 Å². The Labute approximate surface area is 115 Å². The lowest BCUT2D eigenvalue weighted by Crippen LogP contribution is -2.20. The largest absolute Gasteiger partial charge is 0.573 e. The molecule has 1 aromatic rings. The van der Waals surface area contributed by atoms with E-state index in [1.165, 1.54) is 6.92 Å². The van der Waals surface area contributed by atoms with E-state index in [-0.39, 0.29) is 12.0 Å². The molecule has 0 N–H and O–H groups in total. The highest BCUT2D eigenvalue weighted by Gasteiger charge is 2.39. The van der Waals surface area contributed by atoms with Crippen molar-refractivity contribution < 1.29 is 31.2 Å². The first-order valence-corrected chi connectivity index (χ1v) is 7.29. The summed E-state index contributed by atoms with van der Waals surface area (Å²) >= 11 is 0. The number of halogens is 4. The summed E-state index contributed by atoms with van der Waals surface area (Å²) in [6.07, 6.45) is -5.30. The minimum Gasteiger partial charge on any atom is -0.397 e. The fourth-order valence-corrected chi connectivity index (χ4v) is 2.90. The van der Waals surface area contributed by atoms with Gasteiger partial charge in [0.25, 0.3) is 9.05 Å². The van der Waals surface area contributed by atoms with Crippen LogP contribution in [0.25, 0.3) is 0 Å². The Morgan fingerprint density at radius 3 is 2.30 bits per heavy atom. The van der Waals surface area contributed by atoms with Crippen LogP contribution in [0, 0.1) is 10.1 Å². The molecular weight excluding hydrogens is 327 g/mol. The van der Waals surface area contributed by atoms with Crippen LogP contribution in [0.1, 0.15) is 12.5 Å².